The quantitative estimate of drug-likeness (QED) is 0.758. The molecule has 82 valence electrons. The molecule has 0 saturated heterocycles. The van der Waals surface area contributed by atoms with Crippen LogP contribution in [0.3, 0.4) is 0 Å². The number of nitrogens with two attached hydrogens (primary N) is 1. The Morgan fingerprint density at radius 2 is 2.07 bits per heavy atom. The fourth-order valence-electron chi connectivity index (χ4n) is 1.35. The van der Waals surface area contributed by atoms with Crippen LogP contribution in [0.4, 0.5) is 5.69 Å². The minimum atomic E-state index is -3.41. The molecule has 0 atom stereocenters. The second kappa shape index (κ2) is 3.21. The summed E-state index contributed by atoms with van der Waals surface area (Å²) in [5.41, 5.74) is 5.75. The number of nitrogen functional groups attached to an aromatic ring is 1. The molecule has 0 heterocycles. The van der Waals surface area contributed by atoms with Gasteiger partial charge in [-0.05, 0) is 38.0 Å². The molecule has 0 bridgehead atoms. The van der Waals surface area contributed by atoms with Gasteiger partial charge in [0.2, 0.25) is 10.0 Å². The van der Waals surface area contributed by atoms with Gasteiger partial charge >= 0.3 is 0 Å². The third-order valence-corrected chi connectivity index (χ3v) is 4.19. The summed E-state index contributed by atoms with van der Waals surface area (Å²) in [7, 11) is -3.41. The lowest BCUT2D eigenvalue weighted by atomic mass is 10.3. The van der Waals surface area contributed by atoms with E-state index in [4.69, 9.17) is 5.73 Å². The Labute approximate surface area is 89.5 Å². The van der Waals surface area contributed by atoms with Crippen LogP contribution in [0.25, 0.3) is 0 Å². The van der Waals surface area contributed by atoms with Crippen molar-refractivity contribution in [1.29, 1.82) is 0 Å². The number of rotatable bonds is 3. The van der Waals surface area contributed by atoms with Gasteiger partial charge in [0.1, 0.15) is 0 Å². The van der Waals surface area contributed by atoms with E-state index < -0.39 is 10.0 Å². The topological polar surface area (TPSA) is 72.2 Å². The van der Waals surface area contributed by atoms with Gasteiger partial charge in [-0.3, -0.25) is 0 Å². The summed E-state index contributed by atoms with van der Waals surface area (Å²) in [5.74, 6) is 0. The summed E-state index contributed by atoms with van der Waals surface area (Å²) in [6, 6.07) is 6.31. The third-order valence-electron chi connectivity index (χ3n) is 2.55. The van der Waals surface area contributed by atoms with Crippen molar-refractivity contribution < 1.29 is 8.42 Å². The van der Waals surface area contributed by atoms with Crippen LogP contribution in [-0.4, -0.2) is 14.0 Å². The van der Waals surface area contributed by atoms with E-state index in [1.165, 1.54) is 6.07 Å². The van der Waals surface area contributed by atoms with Gasteiger partial charge < -0.3 is 5.73 Å². The number of sulfonamides is 1. The maximum absolute atomic E-state index is 11.9. The second-order valence-corrected chi connectivity index (χ2v) is 5.92. The summed E-state index contributed by atoms with van der Waals surface area (Å²) in [4.78, 5) is 0.232. The van der Waals surface area contributed by atoms with Gasteiger partial charge in [-0.15, -0.1) is 0 Å². The SMILES string of the molecule is CC1(NS(=O)(=O)c2cccc(N)c2)CC1. The van der Waals surface area contributed by atoms with Crippen LogP contribution in [0, 0.1) is 0 Å². The van der Waals surface area contributed by atoms with Gasteiger partial charge in [0.05, 0.1) is 4.90 Å². The molecule has 0 spiro atoms. The first-order valence-electron chi connectivity index (χ1n) is 4.81. The standard InChI is InChI=1S/C10H14N2O2S/c1-10(5-6-10)12-15(13,14)9-4-2-3-8(11)7-9/h2-4,7,12H,5-6,11H2,1H3. The maximum Gasteiger partial charge on any atom is 0.241 e. The number of benzene rings is 1. The first-order valence-corrected chi connectivity index (χ1v) is 6.29. The Bertz CT molecular complexity index is 478. The van der Waals surface area contributed by atoms with E-state index in [2.05, 4.69) is 4.72 Å². The average molecular weight is 226 g/mol. The van der Waals surface area contributed by atoms with E-state index in [0.717, 1.165) is 12.8 Å². The lowest BCUT2D eigenvalue weighted by Crippen LogP contribution is -2.34. The van der Waals surface area contributed by atoms with Crippen LogP contribution in [0.2, 0.25) is 0 Å². The molecule has 0 aromatic heterocycles. The Morgan fingerprint density at radius 3 is 2.60 bits per heavy atom. The van der Waals surface area contributed by atoms with E-state index >= 15 is 0 Å². The number of hydrogen-bond donors (Lipinski definition) is 2. The van der Waals surface area contributed by atoms with Gasteiger partial charge in [0.15, 0.2) is 0 Å². The van der Waals surface area contributed by atoms with E-state index in [1.54, 1.807) is 18.2 Å². The molecule has 1 saturated carbocycles. The zero-order valence-corrected chi connectivity index (χ0v) is 9.34. The highest BCUT2D eigenvalue weighted by molar-refractivity contribution is 7.89. The molecule has 1 aromatic rings. The highest BCUT2D eigenvalue weighted by Gasteiger charge is 2.41. The molecule has 15 heavy (non-hydrogen) atoms. The Balaban J connectivity index is 2.29. The lowest BCUT2D eigenvalue weighted by molar-refractivity contribution is 0.558. The predicted octanol–water partition coefficient (Wildman–Crippen LogP) is 1.10. The zero-order valence-electron chi connectivity index (χ0n) is 8.53. The molecule has 0 aliphatic heterocycles. The van der Waals surface area contributed by atoms with Crippen molar-refractivity contribution in [3.05, 3.63) is 24.3 Å². The molecule has 0 unspecified atom stereocenters. The fraction of sp³-hybridized carbons (Fsp3) is 0.400. The second-order valence-electron chi connectivity index (χ2n) is 4.24. The molecule has 4 nitrogen and oxygen atoms in total. The van der Waals surface area contributed by atoms with Crippen LogP contribution in [0.5, 0.6) is 0 Å². The first-order chi connectivity index (χ1) is 6.91. The average Bonchev–Trinajstić information content (AvgIpc) is 2.82. The van der Waals surface area contributed by atoms with Crippen molar-refractivity contribution in [3.63, 3.8) is 0 Å². The molecule has 0 amide bonds. The molecule has 1 aliphatic carbocycles. The molecule has 1 aliphatic rings. The number of hydrogen-bond acceptors (Lipinski definition) is 3. The first kappa shape index (κ1) is 10.4. The Kier molecular flexibility index (Phi) is 2.24. The van der Waals surface area contributed by atoms with Crippen LogP contribution in [0.15, 0.2) is 29.2 Å². The highest BCUT2D eigenvalue weighted by atomic mass is 32.2. The van der Waals surface area contributed by atoms with Crippen molar-refractivity contribution in [2.45, 2.75) is 30.2 Å². The molecule has 1 fully saturated rings. The Morgan fingerprint density at radius 1 is 1.40 bits per heavy atom. The number of nitrogens with one attached hydrogen (secondary N) is 1. The normalized spacial score (nSPS) is 18.7. The monoisotopic (exact) mass is 226 g/mol. The van der Waals surface area contributed by atoms with Gasteiger partial charge in [0, 0.05) is 11.2 Å². The van der Waals surface area contributed by atoms with Crippen molar-refractivity contribution in [2.24, 2.45) is 0 Å². The van der Waals surface area contributed by atoms with Gasteiger partial charge in [-0.1, -0.05) is 6.07 Å². The largest absolute Gasteiger partial charge is 0.399 e. The molecule has 1 aromatic carbocycles. The highest BCUT2D eigenvalue weighted by Crippen LogP contribution is 2.35. The molecular weight excluding hydrogens is 212 g/mol. The van der Waals surface area contributed by atoms with Crippen molar-refractivity contribution in [3.8, 4) is 0 Å². The molecule has 5 heteroatoms. The van der Waals surface area contributed by atoms with Crippen LogP contribution < -0.4 is 10.5 Å². The van der Waals surface area contributed by atoms with Crippen LogP contribution in [0.1, 0.15) is 19.8 Å². The third kappa shape index (κ3) is 2.30. The molecular formula is C10H14N2O2S. The Hall–Kier alpha value is -1.07. The van der Waals surface area contributed by atoms with Gasteiger partial charge in [-0.25, -0.2) is 13.1 Å². The summed E-state index contributed by atoms with van der Waals surface area (Å²) in [5, 5.41) is 0. The maximum atomic E-state index is 11.9. The summed E-state index contributed by atoms with van der Waals surface area (Å²) in [6.07, 6.45) is 1.79. The van der Waals surface area contributed by atoms with E-state index in [9.17, 15) is 8.42 Å². The van der Waals surface area contributed by atoms with Crippen molar-refractivity contribution in [2.75, 3.05) is 5.73 Å². The fourth-order valence-corrected chi connectivity index (χ4v) is 2.87. The van der Waals surface area contributed by atoms with E-state index in [0.29, 0.717) is 5.69 Å². The molecule has 0 radical (unpaired) electrons. The molecule has 2 rings (SSSR count). The van der Waals surface area contributed by atoms with E-state index in [-0.39, 0.29) is 10.4 Å². The van der Waals surface area contributed by atoms with Crippen LogP contribution >= 0.6 is 0 Å². The zero-order chi connectivity index (χ0) is 11.1. The minimum absolute atomic E-state index is 0.232. The number of anilines is 1. The summed E-state index contributed by atoms with van der Waals surface area (Å²) >= 11 is 0. The lowest BCUT2D eigenvalue weighted by Gasteiger charge is -2.12. The van der Waals surface area contributed by atoms with Crippen molar-refractivity contribution in [1.82, 2.24) is 4.72 Å². The molecule has 3 N–H and O–H groups in total. The van der Waals surface area contributed by atoms with Gasteiger partial charge in [-0.2, -0.15) is 0 Å². The van der Waals surface area contributed by atoms with E-state index in [1.807, 2.05) is 6.92 Å². The summed E-state index contributed by atoms with van der Waals surface area (Å²) < 4.78 is 26.4. The van der Waals surface area contributed by atoms with Crippen LogP contribution in [-0.2, 0) is 10.0 Å². The van der Waals surface area contributed by atoms with Gasteiger partial charge in [0.25, 0.3) is 0 Å². The van der Waals surface area contributed by atoms with Crippen molar-refractivity contribution >= 4 is 15.7 Å². The minimum Gasteiger partial charge on any atom is -0.399 e. The summed E-state index contributed by atoms with van der Waals surface area (Å²) in [6.45, 7) is 1.90. The smallest absolute Gasteiger partial charge is 0.241 e. The predicted molar refractivity (Wildman–Crippen MR) is 58.8 cm³/mol.